The number of thiazole rings is 1. The Morgan fingerprint density at radius 1 is 1.14 bits per heavy atom. The van der Waals surface area contributed by atoms with Crippen molar-refractivity contribution in [2.75, 3.05) is 0 Å². The molecule has 3 heterocycles. The van der Waals surface area contributed by atoms with Crippen LogP contribution in [0.15, 0.2) is 39.7 Å². The lowest BCUT2D eigenvalue weighted by Crippen LogP contribution is -2.27. The molecule has 104 valence electrons. The van der Waals surface area contributed by atoms with E-state index in [1.807, 2.05) is 42.6 Å². The third kappa shape index (κ3) is 2.28. The molecule has 0 aliphatic rings. The van der Waals surface area contributed by atoms with Crippen LogP contribution in [0.25, 0.3) is 16.0 Å². The molecule has 1 N–H and O–H groups in total. The molecule has 0 aliphatic heterocycles. The maximum Gasteiger partial charge on any atom is 0.458 e. The second-order valence-corrected chi connectivity index (χ2v) is 7.03. The minimum absolute atomic E-state index is 0.691. The third-order valence-electron chi connectivity index (χ3n) is 3.04. The number of benzene rings is 1. The van der Waals surface area contributed by atoms with Gasteiger partial charge in [0.05, 0.1) is 10.2 Å². The standard InChI is InChI=1S/C14H11N5S2/c1-8-7-12(19-13(15-8)16-9(2)18-19)21-14-17-10-5-3-4-6-11(10)20-14/h3-7H,1-2H3/p+1. The number of aryl methyl sites for hydroxylation is 2. The summed E-state index contributed by atoms with van der Waals surface area (Å²) in [5.41, 5.74) is 1.99. The first-order valence-corrected chi connectivity index (χ1v) is 8.12. The van der Waals surface area contributed by atoms with E-state index in [0.29, 0.717) is 5.78 Å². The van der Waals surface area contributed by atoms with E-state index in [0.717, 1.165) is 26.4 Å². The molecule has 0 aliphatic carbocycles. The summed E-state index contributed by atoms with van der Waals surface area (Å²) in [5, 5.41) is 4.25. The van der Waals surface area contributed by atoms with Gasteiger partial charge in [0.1, 0.15) is 5.69 Å². The van der Waals surface area contributed by atoms with Gasteiger partial charge in [-0.25, -0.2) is 10.1 Å². The maximum atomic E-state index is 4.66. The minimum atomic E-state index is 0.691. The highest BCUT2D eigenvalue weighted by atomic mass is 32.2. The van der Waals surface area contributed by atoms with Crippen LogP contribution in [-0.4, -0.2) is 20.1 Å². The number of aromatic nitrogens is 5. The zero-order chi connectivity index (χ0) is 14.4. The smallest absolute Gasteiger partial charge is 0.229 e. The van der Waals surface area contributed by atoms with Gasteiger partial charge in [0.2, 0.25) is 5.82 Å². The molecule has 0 bridgehead atoms. The molecule has 0 fully saturated rings. The molecule has 0 radical (unpaired) electrons. The van der Waals surface area contributed by atoms with Crippen molar-refractivity contribution in [2.45, 2.75) is 23.2 Å². The quantitative estimate of drug-likeness (QED) is 0.456. The lowest BCUT2D eigenvalue weighted by molar-refractivity contribution is -0.620. The predicted molar refractivity (Wildman–Crippen MR) is 82.8 cm³/mol. The van der Waals surface area contributed by atoms with Gasteiger partial charge >= 0.3 is 5.78 Å². The van der Waals surface area contributed by atoms with Gasteiger partial charge in [-0.15, -0.1) is 15.9 Å². The fourth-order valence-corrected chi connectivity index (χ4v) is 4.32. The topological polar surface area (TPSA) is 58.6 Å². The highest BCUT2D eigenvalue weighted by molar-refractivity contribution is 8.01. The summed E-state index contributed by atoms with van der Waals surface area (Å²) >= 11 is 3.33. The number of hydrogen-bond donors (Lipinski definition) is 1. The molecule has 1 aromatic carbocycles. The Morgan fingerprint density at radius 3 is 2.86 bits per heavy atom. The number of nitrogens with one attached hydrogen (secondary N) is 1. The first-order chi connectivity index (χ1) is 10.2. The van der Waals surface area contributed by atoms with E-state index in [1.165, 1.54) is 4.70 Å². The zero-order valence-electron chi connectivity index (χ0n) is 11.5. The normalized spacial score (nSPS) is 11.5. The van der Waals surface area contributed by atoms with Gasteiger partial charge < -0.3 is 0 Å². The summed E-state index contributed by atoms with van der Waals surface area (Å²) in [5.74, 6) is 1.54. The van der Waals surface area contributed by atoms with Crippen LogP contribution in [0.5, 0.6) is 0 Å². The molecule has 5 nitrogen and oxygen atoms in total. The van der Waals surface area contributed by atoms with Crippen LogP contribution in [0.2, 0.25) is 0 Å². The predicted octanol–water partition coefficient (Wildman–Crippen LogP) is 2.92. The lowest BCUT2D eigenvalue weighted by atomic mass is 10.3. The molecule has 0 atom stereocenters. The second-order valence-electron chi connectivity index (χ2n) is 4.73. The molecule has 4 aromatic rings. The summed E-state index contributed by atoms with van der Waals surface area (Å²) in [7, 11) is 0. The zero-order valence-corrected chi connectivity index (χ0v) is 13.1. The molecule has 21 heavy (non-hydrogen) atoms. The number of hydrogen-bond acceptors (Lipinski definition) is 5. The van der Waals surface area contributed by atoms with Gasteiger partial charge in [-0.2, -0.15) is 0 Å². The Labute approximate surface area is 129 Å². The van der Waals surface area contributed by atoms with Crippen molar-refractivity contribution in [3.63, 3.8) is 0 Å². The van der Waals surface area contributed by atoms with E-state index in [2.05, 4.69) is 26.1 Å². The van der Waals surface area contributed by atoms with E-state index in [-0.39, 0.29) is 0 Å². The fraction of sp³-hybridized carbons (Fsp3) is 0.143. The maximum absolute atomic E-state index is 4.66. The Hall–Kier alpha value is -1.99. The van der Waals surface area contributed by atoms with Crippen LogP contribution in [-0.2, 0) is 0 Å². The lowest BCUT2D eigenvalue weighted by Gasteiger charge is -1.96. The van der Waals surface area contributed by atoms with Crippen molar-refractivity contribution in [1.82, 2.24) is 20.1 Å². The van der Waals surface area contributed by atoms with E-state index >= 15 is 0 Å². The van der Waals surface area contributed by atoms with Gasteiger partial charge in [0.15, 0.2) is 9.37 Å². The summed E-state index contributed by atoms with van der Waals surface area (Å²) in [6.45, 7) is 3.91. The van der Waals surface area contributed by atoms with Crippen LogP contribution in [0.1, 0.15) is 11.5 Å². The van der Waals surface area contributed by atoms with Crippen molar-refractivity contribution in [2.24, 2.45) is 0 Å². The molecule has 3 aromatic heterocycles. The van der Waals surface area contributed by atoms with Crippen molar-refractivity contribution in [3.05, 3.63) is 41.9 Å². The van der Waals surface area contributed by atoms with E-state index < -0.39 is 0 Å². The summed E-state index contributed by atoms with van der Waals surface area (Å²) in [6, 6.07) is 10.2. The first-order valence-electron chi connectivity index (χ1n) is 6.48. The Balaban J connectivity index is 1.82. The van der Waals surface area contributed by atoms with Gasteiger partial charge in [-0.3, -0.25) is 0 Å². The van der Waals surface area contributed by atoms with Crippen LogP contribution < -0.4 is 4.52 Å². The minimum Gasteiger partial charge on any atom is -0.229 e. The van der Waals surface area contributed by atoms with E-state index in [4.69, 9.17) is 0 Å². The Morgan fingerprint density at radius 2 is 2.00 bits per heavy atom. The van der Waals surface area contributed by atoms with Gasteiger partial charge in [0.25, 0.3) is 0 Å². The summed E-state index contributed by atoms with van der Waals surface area (Å²) in [6.07, 6.45) is 0. The molecule has 4 rings (SSSR count). The Bertz CT molecular complexity index is 923. The number of aromatic amines is 1. The number of para-hydroxylation sites is 1. The summed E-state index contributed by atoms with van der Waals surface area (Å²) < 4.78 is 4.12. The number of H-pyrrole nitrogens is 1. The van der Waals surface area contributed by atoms with Gasteiger partial charge in [-0.1, -0.05) is 22.1 Å². The van der Waals surface area contributed by atoms with Crippen molar-refractivity contribution in [3.8, 4) is 0 Å². The van der Waals surface area contributed by atoms with E-state index in [1.54, 1.807) is 23.1 Å². The van der Waals surface area contributed by atoms with E-state index in [9.17, 15) is 0 Å². The fourth-order valence-electron chi connectivity index (χ4n) is 2.16. The molecular weight excluding hydrogens is 302 g/mol. The highest BCUT2D eigenvalue weighted by Crippen LogP contribution is 2.32. The number of fused-ring (bicyclic) bond motifs is 2. The van der Waals surface area contributed by atoms with Crippen molar-refractivity contribution in [1.29, 1.82) is 0 Å². The largest absolute Gasteiger partial charge is 0.458 e. The molecule has 7 heteroatoms. The van der Waals surface area contributed by atoms with Crippen molar-refractivity contribution >= 4 is 39.1 Å². The van der Waals surface area contributed by atoms with Crippen molar-refractivity contribution < 1.29 is 4.52 Å². The second kappa shape index (κ2) is 4.78. The highest BCUT2D eigenvalue weighted by Gasteiger charge is 2.18. The van der Waals surface area contributed by atoms with Crippen LogP contribution >= 0.6 is 23.1 Å². The molecular formula is C14H12N5S2+. The van der Waals surface area contributed by atoms with Gasteiger partial charge in [-0.05, 0) is 30.8 Å². The molecule has 0 saturated heterocycles. The summed E-state index contributed by atoms with van der Waals surface area (Å²) in [4.78, 5) is 13.5. The average Bonchev–Trinajstić information content (AvgIpc) is 3.00. The average molecular weight is 314 g/mol. The number of nitrogens with zero attached hydrogens (tertiary/aromatic N) is 4. The SMILES string of the molecule is Cc1cc(Sc2nc3ccccc3s2)[n+]2[nH]c(C)nc2n1. The van der Waals surface area contributed by atoms with Crippen LogP contribution in [0.4, 0.5) is 0 Å². The molecule has 0 unspecified atom stereocenters. The van der Waals surface area contributed by atoms with Crippen LogP contribution in [0.3, 0.4) is 0 Å². The monoisotopic (exact) mass is 314 g/mol. The Kier molecular flexibility index (Phi) is 2.90. The number of rotatable bonds is 2. The molecule has 0 spiro atoms. The van der Waals surface area contributed by atoms with Gasteiger partial charge in [0, 0.05) is 13.0 Å². The molecule has 0 amide bonds. The first kappa shape index (κ1) is 12.7. The molecule has 0 saturated carbocycles. The third-order valence-corrected chi connectivity index (χ3v) is 5.14. The van der Waals surface area contributed by atoms with Crippen LogP contribution in [0, 0.1) is 13.8 Å².